The van der Waals surface area contributed by atoms with Crippen molar-refractivity contribution in [2.75, 3.05) is 19.7 Å². The number of likely N-dealkylation sites (tertiary alicyclic amines) is 1. The quantitative estimate of drug-likeness (QED) is 0.705. The molecule has 0 aliphatic carbocycles. The third kappa shape index (κ3) is 5.01. The zero-order chi connectivity index (χ0) is 24.3. The maximum atomic E-state index is 13.7. The standard InChI is InChI=1S/C26H33N3O5/c1-18(2)14-23(30)28-11-9-26(10-12-28)29(25(32)20-7-4-6-19(3)15-20)22(17-34-26)24(31)27-16-21-8-5-13-33-21/h4-8,13,15,18,22H,9-12,14,16-17H2,1-3H3,(H,27,31). The van der Waals surface area contributed by atoms with Crippen LogP contribution in [0.15, 0.2) is 47.1 Å². The normalized spacial score (nSPS) is 19.6. The molecule has 1 aromatic carbocycles. The number of carbonyl (C=O) groups excluding carboxylic acids is 3. The molecule has 3 amide bonds. The predicted molar refractivity (Wildman–Crippen MR) is 126 cm³/mol. The number of hydrogen-bond donors (Lipinski definition) is 1. The van der Waals surface area contributed by atoms with Crippen LogP contribution < -0.4 is 5.32 Å². The van der Waals surface area contributed by atoms with Gasteiger partial charge in [-0.1, -0.05) is 31.5 Å². The van der Waals surface area contributed by atoms with Gasteiger partial charge in [0.05, 0.1) is 19.4 Å². The summed E-state index contributed by atoms with van der Waals surface area (Å²) in [6.45, 7) is 7.31. The van der Waals surface area contributed by atoms with Gasteiger partial charge in [0.2, 0.25) is 11.8 Å². The number of aryl methyl sites for hydroxylation is 1. The third-order valence-electron chi connectivity index (χ3n) is 6.54. The molecule has 0 saturated carbocycles. The van der Waals surface area contributed by atoms with E-state index in [2.05, 4.69) is 5.32 Å². The topological polar surface area (TPSA) is 92.1 Å². The number of nitrogens with zero attached hydrogens (tertiary/aromatic N) is 2. The lowest BCUT2D eigenvalue weighted by molar-refractivity contribution is -0.144. The number of hydrogen-bond acceptors (Lipinski definition) is 5. The van der Waals surface area contributed by atoms with Crippen molar-refractivity contribution >= 4 is 17.7 Å². The average Bonchev–Trinajstić information content (AvgIpc) is 3.45. The Morgan fingerprint density at radius 3 is 2.56 bits per heavy atom. The first-order valence-corrected chi connectivity index (χ1v) is 11.9. The first kappa shape index (κ1) is 24.0. The van der Waals surface area contributed by atoms with Crippen molar-refractivity contribution in [2.24, 2.45) is 5.92 Å². The maximum absolute atomic E-state index is 13.7. The molecule has 1 spiro atoms. The van der Waals surface area contributed by atoms with E-state index in [9.17, 15) is 14.4 Å². The number of furan rings is 1. The van der Waals surface area contributed by atoms with E-state index >= 15 is 0 Å². The maximum Gasteiger partial charge on any atom is 0.256 e. The molecule has 182 valence electrons. The Labute approximate surface area is 200 Å². The Hall–Kier alpha value is -3.13. The predicted octanol–water partition coefficient (Wildman–Crippen LogP) is 3.11. The van der Waals surface area contributed by atoms with Crippen molar-refractivity contribution in [3.63, 3.8) is 0 Å². The van der Waals surface area contributed by atoms with Crippen LogP contribution in [0.1, 0.15) is 54.8 Å². The van der Waals surface area contributed by atoms with E-state index in [4.69, 9.17) is 9.15 Å². The lowest BCUT2D eigenvalue weighted by Crippen LogP contribution is -2.59. The summed E-state index contributed by atoms with van der Waals surface area (Å²) in [5.41, 5.74) is 0.572. The first-order chi connectivity index (χ1) is 16.3. The fourth-order valence-electron chi connectivity index (χ4n) is 4.77. The van der Waals surface area contributed by atoms with E-state index in [1.807, 2.05) is 43.9 Å². The fraction of sp³-hybridized carbons (Fsp3) is 0.500. The number of nitrogens with one attached hydrogen (secondary N) is 1. The second-order valence-corrected chi connectivity index (χ2v) is 9.59. The second-order valence-electron chi connectivity index (χ2n) is 9.59. The molecule has 2 aliphatic rings. The highest BCUT2D eigenvalue weighted by Gasteiger charge is 2.54. The Morgan fingerprint density at radius 1 is 1.15 bits per heavy atom. The minimum atomic E-state index is -0.915. The molecule has 2 aliphatic heterocycles. The third-order valence-corrected chi connectivity index (χ3v) is 6.54. The Balaban J connectivity index is 1.55. The van der Waals surface area contributed by atoms with Crippen LogP contribution in [0.2, 0.25) is 0 Å². The lowest BCUT2D eigenvalue weighted by Gasteiger charge is -2.44. The van der Waals surface area contributed by atoms with Gasteiger partial charge in [-0.05, 0) is 37.1 Å². The SMILES string of the molecule is Cc1cccc(C(=O)N2C(C(=O)NCc3ccco3)COC23CCN(C(=O)CC(C)C)CC3)c1. The summed E-state index contributed by atoms with van der Waals surface area (Å²) < 4.78 is 11.5. The first-order valence-electron chi connectivity index (χ1n) is 11.9. The number of rotatable bonds is 6. The molecule has 0 bridgehead atoms. The Kier molecular flexibility index (Phi) is 7.07. The van der Waals surface area contributed by atoms with Crippen LogP contribution in [-0.4, -0.2) is 59.0 Å². The summed E-state index contributed by atoms with van der Waals surface area (Å²) in [7, 11) is 0. The fourth-order valence-corrected chi connectivity index (χ4v) is 4.77. The van der Waals surface area contributed by atoms with Crippen LogP contribution in [0.5, 0.6) is 0 Å². The van der Waals surface area contributed by atoms with Crippen molar-refractivity contribution in [1.82, 2.24) is 15.1 Å². The van der Waals surface area contributed by atoms with Crippen LogP contribution in [-0.2, 0) is 20.9 Å². The van der Waals surface area contributed by atoms with Gasteiger partial charge in [-0.2, -0.15) is 0 Å². The molecule has 4 rings (SSSR count). The molecule has 2 fully saturated rings. The number of carbonyl (C=O) groups is 3. The molecule has 0 radical (unpaired) electrons. The Morgan fingerprint density at radius 2 is 1.91 bits per heavy atom. The summed E-state index contributed by atoms with van der Waals surface area (Å²) in [4.78, 5) is 43.0. The van der Waals surface area contributed by atoms with Crippen molar-refractivity contribution in [2.45, 2.75) is 58.3 Å². The summed E-state index contributed by atoms with van der Waals surface area (Å²) in [6, 6.07) is 10.1. The van der Waals surface area contributed by atoms with Gasteiger partial charge in [0.15, 0.2) is 0 Å². The number of amides is 3. The highest BCUT2D eigenvalue weighted by Crippen LogP contribution is 2.38. The van der Waals surface area contributed by atoms with Gasteiger partial charge >= 0.3 is 0 Å². The monoisotopic (exact) mass is 467 g/mol. The van der Waals surface area contributed by atoms with E-state index in [0.29, 0.717) is 43.7 Å². The molecule has 34 heavy (non-hydrogen) atoms. The van der Waals surface area contributed by atoms with Gasteiger partial charge in [-0.3, -0.25) is 19.3 Å². The van der Waals surface area contributed by atoms with E-state index < -0.39 is 11.8 Å². The minimum absolute atomic E-state index is 0.113. The number of benzene rings is 1. The molecule has 8 nitrogen and oxygen atoms in total. The van der Waals surface area contributed by atoms with Crippen molar-refractivity contribution in [3.8, 4) is 0 Å². The smallest absolute Gasteiger partial charge is 0.256 e. The van der Waals surface area contributed by atoms with E-state index in [0.717, 1.165) is 5.56 Å². The van der Waals surface area contributed by atoms with Gasteiger partial charge in [-0.15, -0.1) is 0 Å². The summed E-state index contributed by atoms with van der Waals surface area (Å²) >= 11 is 0. The molecular formula is C26H33N3O5. The van der Waals surface area contributed by atoms with Crippen LogP contribution in [0.4, 0.5) is 0 Å². The molecule has 1 atom stereocenters. The number of piperidine rings is 1. The molecule has 1 N–H and O–H groups in total. The molecule has 2 aromatic rings. The Bertz CT molecular complexity index is 1020. The zero-order valence-corrected chi connectivity index (χ0v) is 20.1. The van der Waals surface area contributed by atoms with E-state index in [-0.39, 0.29) is 36.8 Å². The molecule has 3 heterocycles. The van der Waals surface area contributed by atoms with Gasteiger partial charge in [-0.25, -0.2) is 0 Å². The van der Waals surface area contributed by atoms with Gasteiger partial charge in [0.25, 0.3) is 5.91 Å². The van der Waals surface area contributed by atoms with Crippen LogP contribution in [0.3, 0.4) is 0 Å². The van der Waals surface area contributed by atoms with Crippen molar-refractivity contribution < 1.29 is 23.5 Å². The van der Waals surface area contributed by atoms with Crippen molar-refractivity contribution in [3.05, 3.63) is 59.5 Å². The molecular weight excluding hydrogens is 434 g/mol. The summed E-state index contributed by atoms with van der Waals surface area (Å²) in [6.07, 6.45) is 2.99. The molecule has 2 saturated heterocycles. The van der Waals surface area contributed by atoms with Gasteiger partial charge < -0.3 is 19.4 Å². The van der Waals surface area contributed by atoms with Gasteiger partial charge in [0.1, 0.15) is 17.5 Å². The van der Waals surface area contributed by atoms with Crippen LogP contribution >= 0.6 is 0 Å². The van der Waals surface area contributed by atoms with Crippen LogP contribution in [0, 0.1) is 12.8 Å². The van der Waals surface area contributed by atoms with Crippen LogP contribution in [0.25, 0.3) is 0 Å². The largest absolute Gasteiger partial charge is 0.467 e. The van der Waals surface area contributed by atoms with Gasteiger partial charge in [0, 0.05) is 37.9 Å². The minimum Gasteiger partial charge on any atom is -0.467 e. The second kappa shape index (κ2) is 10.0. The molecule has 1 aromatic heterocycles. The van der Waals surface area contributed by atoms with E-state index in [1.54, 1.807) is 29.4 Å². The zero-order valence-electron chi connectivity index (χ0n) is 20.1. The lowest BCUT2D eigenvalue weighted by atomic mass is 9.95. The molecule has 8 heteroatoms. The summed E-state index contributed by atoms with van der Waals surface area (Å²) in [5, 5.41) is 2.87. The summed E-state index contributed by atoms with van der Waals surface area (Å²) in [5.74, 6) is 0.518. The average molecular weight is 468 g/mol. The van der Waals surface area contributed by atoms with E-state index in [1.165, 1.54) is 0 Å². The molecule has 1 unspecified atom stereocenters. The number of ether oxygens (including phenoxy) is 1. The van der Waals surface area contributed by atoms with Crippen molar-refractivity contribution in [1.29, 1.82) is 0 Å². The highest BCUT2D eigenvalue weighted by molar-refractivity contribution is 5.98. The highest BCUT2D eigenvalue weighted by atomic mass is 16.5.